The smallest absolute Gasteiger partial charge is 0.122 e. The topological polar surface area (TPSA) is 37.5 Å². The van der Waals surface area contributed by atoms with Crippen LogP contribution in [0.25, 0.3) is 10.9 Å². The van der Waals surface area contributed by atoms with Gasteiger partial charge in [-0.1, -0.05) is 30.3 Å². The number of para-hydroxylation sites is 1. The maximum absolute atomic E-state index is 5.89. The zero-order chi connectivity index (χ0) is 15.5. The number of rotatable bonds is 7. The molecule has 1 N–H and O–H groups in total. The summed E-state index contributed by atoms with van der Waals surface area (Å²) in [5.74, 6) is 1.00. The van der Waals surface area contributed by atoms with Crippen molar-refractivity contribution in [2.24, 2.45) is 0 Å². The molecule has 2 heterocycles. The second kappa shape index (κ2) is 6.47. The molecule has 1 unspecified atom stereocenters. The van der Waals surface area contributed by atoms with E-state index in [4.69, 9.17) is 9.47 Å². The molecule has 0 bridgehead atoms. The molecule has 0 amide bonds. The Balaban J connectivity index is 1.40. The minimum atomic E-state index is 0.300. The van der Waals surface area contributed by atoms with E-state index in [0.717, 1.165) is 31.6 Å². The van der Waals surface area contributed by atoms with E-state index in [1.807, 2.05) is 12.3 Å². The van der Waals surface area contributed by atoms with Crippen molar-refractivity contribution in [3.8, 4) is 5.75 Å². The summed E-state index contributed by atoms with van der Waals surface area (Å²) in [5, 5.41) is 1.34. The number of hydrogen-bond acceptors (Lipinski definition) is 2. The van der Waals surface area contributed by atoms with Crippen LogP contribution in [-0.2, 0) is 17.6 Å². The summed E-state index contributed by atoms with van der Waals surface area (Å²) in [7, 11) is 0. The van der Waals surface area contributed by atoms with E-state index >= 15 is 0 Å². The second-order valence-corrected chi connectivity index (χ2v) is 6.08. The molecule has 0 spiro atoms. The molecular formula is C20H21NO2. The lowest BCUT2D eigenvalue weighted by Crippen LogP contribution is -2.06. The minimum Gasteiger partial charge on any atom is -0.491 e. The Morgan fingerprint density at radius 1 is 1.00 bits per heavy atom. The third kappa shape index (κ3) is 3.40. The molecule has 1 atom stereocenters. The first-order chi connectivity index (χ1) is 11.4. The molecule has 23 heavy (non-hydrogen) atoms. The highest BCUT2D eigenvalue weighted by molar-refractivity contribution is 5.82. The predicted molar refractivity (Wildman–Crippen MR) is 92.0 cm³/mol. The van der Waals surface area contributed by atoms with Crippen molar-refractivity contribution < 1.29 is 9.47 Å². The van der Waals surface area contributed by atoms with E-state index in [1.54, 1.807) is 0 Å². The highest BCUT2D eigenvalue weighted by Gasteiger charge is 2.23. The number of benzene rings is 2. The zero-order valence-corrected chi connectivity index (χ0v) is 13.1. The molecule has 0 radical (unpaired) electrons. The first-order valence-electron chi connectivity index (χ1n) is 8.27. The lowest BCUT2D eigenvalue weighted by Gasteiger charge is -2.11. The Labute approximate surface area is 136 Å². The maximum Gasteiger partial charge on any atom is 0.122 e. The van der Waals surface area contributed by atoms with Crippen molar-refractivity contribution in [2.45, 2.75) is 25.4 Å². The van der Waals surface area contributed by atoms with Gasteiger partial charge in [-0.2, -0.15) is 0 Å². The largest absolute Gasteiger partial charge is 0.491 e. The highest BCUT2D eigenvalue weighted by Crippen LogP contribution is 2.24. The molecular weight excluding hydrogens is 286 g/mol. The molecule has 1 aromatic heterocycles. The number of hydrogen-bond donors (Lipinski definition) is 1. The quantitative estimate of drug-likeness (QED) is 0.667. The van der Waals surface area contributed by atoms with E-state index in [9.17, 15) is 0 Å². The number of nitrogens with one attached hydrogen (secondary N) is 1. The van der Waals surface area contributed by atoms with Gasteiger partial charge in [0.2, 0.25) is 0 Å². The Morgan fingerprint density at radius 2 is 1.83 bits per heavy atom. The van der Waals surface area contributed by atoms with Gasteiger partial charge in [-0.15, -0.1) is 0 Å². The van der Waals surface area contributed by atoms with Crippen LogP contribution in [0, 0.1) is 0 Å². The summed E-state index contributed by atoms with van der Waals surface area (Å²) in [6, 6.07) is 17.0. The summed E-state index contributed by atoms with van der Waals surface area (Å²) >= 11 is 0. The molecule has 0 saturated carbocycles. The van der Waals surface area contributed by atoms with E-state index in [2.05, 4.69) is 47.4 Å². The monoisotopic (exact) mass is 307 g/mol. The van der Waals surface area contributed by atoms with Gasteiger partial charge in [0.15, 0.2) is 0 Å². The van der Waals surface area contributed by atoms with Crippen molar-refractivity contribution >= 4 is 10.9 Å². The van der Waals surface area contributed by atoms with Gasteiger partial charge >= 0.3 is 0 Å². The Hall–Kier alpha value is -2.26. The van der Waals surface area contributed by atoms with Gasteiger partial charge in [0.1, 0.15) is 18.5 Å². The van der Waals surface area contributed by atoms with E-state index in [1.165, 1.54) is 22.0 Å². The first kappa shape index (κ1) is 14.3. The summed E-state index contributed by atoms with van der Waals surface area (Å²) in [6.45, 7) is 1.50. The normalized spacial score (nSPS) is 16.6. The third-order valence-electron chi connectivity index (χ3n) is 4.38. The third-order valence-corrected chi connectivity index (χ3v) is 4.38. The summed E-state index contributed by atoms with van der Waals surface area (Å²) < 4.78 is 11.1. The summed E-state index contributed by atoms with van der Waals surface area (Å²) in [6.07, 6.45) is 5.54. The fourth-order valence-electron chi connectivity index (χ4n) is 3.04. The van der Waals surface area contributed by atoms with Crippen molar-refractivity contribution in [3.63, 3.8) is 0 Å². The van der Waals surface area contributed by atoms with Crippen LogP contribution in [-0.4, -0.2) is 24.3 Å². The van der Waals surface area contributed by atoms with Gasteiger partial charge in [0, 0.05) is 17.1 Å². The molecule has 3 heteroatoms. The number of aryl methyl sites for hydroxylation is 2. The van der Waals surface area contributed by atoms with Crippen LogP contribution in [0.1, 0.15) is 17.5 Å². The minimum absolute atomic E-state index is 0.300. The maximum atomic E-state index is 5.89. The van der Waals surface area contributed by atoms with Gasteiger partial charge in [-0.05, 0) is 48.6 Å². The van der Waals surface area contributed by atoms with E-state index in [0.29, 0.717) is 12.7 Å². The average molecular weight is 307 g/mol. The van der Waals surface area contributed by atoms with Crippen LogP contribution in [0.4, 0.5) is 0 Å². The number of ether oxygens (including phenoxy) is 2. The van der Waals surface area contributed by atoms with Gasteiger partial charge in [-0.3, -0.25) is 0 Å². The van der Waals surface area contributed by atoms with Crippen LogP contribution < -0.4 is 4.74 Å². The van der Waals surface area contributed by atoms with Crippen LogP contribution in [0.15, 0.2) is 54.7 Å². The van der Waals surface area contributed by atoms with Crippen molar-refractivity contribution in [1.29, 1.82) is 0 Å². The first-order valence-corrected chi connectivity index (χ1v) is 8.27. The molecule has 1 saturated heterocycles. The molecule has 4 rings (SSSR count). The van der Waals surface area contributed by atoms with Crippen molar-refractivity contribution in [3.05, 3.63) is 65.9 Å². The van der Waals surface area contributed by atoms with Gasteiger partial charge in [0.05, 0.1) is 6.61 Å². The Kier molecular flexibility index (Phi) is 4.03. The summed E-state index contributed by atoms with van der Waals surface area (Å²) in [5.41, 5.74) is 3.92. The van der Waals surface area contributed by atoms with Gasteiger partial charge in [0.25, 0.3) is 0 Å². The SMILES string of the molecule is c1ccc(OCC2CO2)c(CCCc2cccc3[nH]ccc23)c1. The van der Waals surface area contributed by atoms with Crippen LogP contribution in [0.3, 0.4) is 0 Å². The molecule has 1 aliphatic rings. The predicted octanol–water partition coefficient (Wildman–Crippen LogP) is 4.12. The zero-order valence-electron chi connectivity index (χ0n) is 13.1. The number of epoxide rings is 1. The molecule has 1 fully saturated rings. The molecule has 1 aliphatic heterocycles. The fourth-order valence-corrected chi connectivity index (χ4v) is 3.04. The van der Waals surface area contributed by atoms with Crippen molar-refractivity contribution in [2.75, 3.05) is 13.2 Å². The molecule has 3 nitrogen and oxygen atoms in total. The van der Waals surface area contributed by atoms with Crippen molar-refractivity contribution in [1.82, 2.24) is 4.98 Å². The average Bonchev–Trinajstić information content (AvgIpc) is 3.28. The summed E-state index contributed by atoms with van der Waals surface area (Å²) in [4.78, 5) is 3.28. The van der Waals surface area contributed by atoms with Crippen LogP contribution >= 0.6 is 0 Å². The number of aromatic amines is 1. The second-order valence-electron chi connectivity index (χ2n) is 6.08. The lowest BCUT2D eigenvalue weighted by molar-refractivity contribution is 0.261. The van der Waals surface area contributed by atoms with Gasteiger partial charge in [-0.25, -0.2) is 0 Å². The Bertz CT molecular complexity index is 789. The number of fused-ring (bicyclic) bond motifs is 1. The molecule has 3 aromatic rings. The van der Waals surface area contributed by atoms with Gasteiger partial charge < -0.3 is 14.5 Å². The van der Waals surface area contributed by atoms with Crippen LogP contribution in [0.2, 0.25) is 0 Å². The number of aromatic nitrogens is 1. The van der Waals surface area contributed by atoms with E-state index < -0.39 is 0 Å². The standard InChI is InChI=1S/C20H21NO2/c1-2-10-20(23-14-17-13-22-17)16(5-1)8-3-6-15-7-4-9-19-18(15)11-12-21-19/h1-2,4-5,7,9-12,17,21H,3,6,8,13-14H2. The molecule has 2 aromatic carbocycles. The molecule has 118 valence electrons. The number of H-pyrrole nitrogens is 1. The highest BCUT2D eigenvalue weighted by atomic mass is 16.6. The lowest BCUT2D eigenvalue weighted by atomic mass is 10.0. The Morgan fingerprint density at radius 3 is 2.74 bits per heavy atom. The van der Waals surface area contributed by atoms with E-state index in [-0.39, 0.29) is 0 Å². The molecule has 0 aliphatic carbocycles. The fraction of sp³-hybridized carbons (Fsp3) is 0.300. The van der Waals surface area contributed by atoms with Crippen LogP contribution in [0.5, 0.6) is 5.75 Å².